The highest BCUT2D eigenvalue weighted by atomic mass is 16.5. The van der Waals surface area contributed by atoms with Gasteiger partial charge in [-0.1, -0.05) is 12.1 Å². The molecule has 3 aromatic rings. The van der Waals surface area contributed by atoms with E-state index in [0.717, 1.165) is 23.3 Å². The number of fused-ring (bicyclic) bond motifs is 1. The van der Waals surface area contributed by atoms with Crippen LogP contribution in [0.15, 0.2) is 48.3 Å². The van der Waals surface area contributed by atoms with Gasteiger partial charge >= 0.3 is 0 Å². The average Bonchev–Trinajstić information content (AvgIpc) is 3.45. The highest BCUT2D eigenvalue weighted by Gasteiger charge is 2.55. The smallest absolute Gasteiger partial charge is 0.197 e. The van der Waals surface area contributed by atoms with Gasteiger partial charge in [-0.3, -0.25) is 4.79 Å². The Morgan fingerprint density at radius 2 is 1.87 bits per heavy atom. The standard InChI is InChI=1S/C22H23N5O3/c1-29-14-9-13(10-15(11-14)30-2)27-20(23)18(19(28)22(27)7-8-24-12-22)21-25-16-5-3-4-6-17(16)26-21/h3-6,9-11,24H,7-8,12,23H2,1-2H3,(H,25,26). The lowest BCUT2D eigenvalue weighted by Crippen LogP contribution is -2.52. The lowest BCUT2D eigenvalue weighted by molar-refractivity contribution is -0.117. The minimum Gasteiger partial charge on any atom is -0.497 e. The van der Waals surface area contributed by atoms with Gasteiger partial charge in [0.2, 0.25) is 0 Å². The van der Waals surface area contributed by atoms with Crippen LogP contribution >= 0.6 is 0 Å². The summed E-state index contributed by atoms with van der Waals surface area (Å²) in [4.78, 5) is 23.6. The SMILES string of the molecule is COc1cc(OC)cc(N2C(N)=C(c3nc4ccccc4[nH]3)C(=O)C23CCNC3)c1. The van der Waals surface area contributed by atoms with Gasteiger partial charge in [0, 0.05) is 24.7 Å². The van der Waals surface area contributed by atoms with Crippen molar-refractivity contribution in [1.82, 2.24) is 15.3 Å². The van der Waals surface area contributed by atoms with Crippen molar-refractivity contribution in [2.24, 2.45) is 5.73 Å². The number of Topliss-reactive ketones (excluding diaryl/α,β-unsaturated/α-hetero) is 1. The van der Waals surface area contributed by atoms with Crippen molar-refractivity contribution in [3.63, 3.8) is 0 Å². The molecular weight excluding hydrogens is 382 g/mol. The fourth-order valence-electron chi connectivity index (χ4n) is 4.46. The number of hydrogen-bond acceptors (Lipinski definition) is 7. The van der Waals surface area contributed by atoms with E-state index in [0.29, 0.717) is 41.7 Å². The topological polar surface area (TPSA) is 106 Å². The molecule has 1 spiro atoms. The van der Waals surface area contributed by atoms with Crippen LogP contribution in [0, 0.1) is 0 Å². The molecule has 0 bridgehead atoms. The second-order valence-electron chi connectivity index (χ2n) is 7.56. The summed E-state index contributed by atoms with van der Waals surface area (Å²) in [6.45, 7) is 1.22. The van der Waals surface area contributed by atoms with E-state index in [4.69, 9.17) is 15.2 Å². The molecule has 30 heavy (non-hydrogen) atoms. The van der Waals surface area contributed by atoms with E-state index < -0.39 is 5.54 Å². The van der Waals surface area contributed by atoms with Gasteiger partial charge in [0.05, 0.1) is 30.9 Å². The second kappa shape index (κ2) is 6.77. The van der Waals surface area contributed by atoms with E-state index in [1.807, 2.05) is 41.3 Å². The Kier molecular flexibility index (Phi) is 4.18. The van der Waals surface area contributed by atoms with Gasteiger partial charge in [-0.15, -0.1) is 0 Å². The fraction of sp³-hybridized carbons (Fsp3) is 0.273. The van der Waals surface area contributed by atoms with E-state index >= 15 is 0 Å². The largest absolute Gasteiger partial charge is 0.497 e. The van der Waals surface area contributed by atoms with Crippen molar-refractivity contribution in [1.29, 1.82) is 0 Å². The van der Waals surface area contributed by atoms with Gasteiger partial charge in [0.1, 0.15) is 34.3 Å². The first-order valence-electron chi connectivity index (χ1n) is 9.81. The number of anilines is 1. The Labute approximate surface area is 173 Å². The lowest BCUT2D eigenvalue weighted by Gasteiger charge is -2.35. The van der Waals surface area contributed by atoms with E-state index in [-0.39, 0.29) is 5.78 Å². The third-order valence-corrected chi connectivity index (χ3v) is 5.93. The van der Waals surface area contributed by atoms with Crippen LogP contribution in [0.1, 0.15) is 12.2 Å². The quantitative estimate of drug-likeness (QED) is 0.610. The molecule has 0 amide bonds. The minimum absolute atomic E-state index is 0.0363. The molecule has 1 aromatic heterocycles. The molecule has 154 valence electrons. The summed E-state index contributed by atoms with van der Waals surface area (Å²) in [7, 11) is 3.19. The highest BCUT2D eigenvalue weighted by molar-refractivity contribution is 6.30. The van der Waals surface area contributed by atoms with Gasteiger partial charge in [0.15, 0.2) is 5.78 Å². The zero-order chi connectivity index (χ0) is 20.9. The van der Waals surface area contributed by atoms with Gasteiger partial charge in [-0.2, -0.15) is 0 Å². The molecule has 1 atom stereocenters. The molecule has 8 nitrogen and oxygen atoms in total. The summed E-state index contributed by atoms with van der Waals surface area (Å²) in [5, 5.41) is 3.32. The van der Waals surface area contributed by atoms with Gasteiger partial charge in [-0.25, -0.2) is 4.98 Å². The van der Waals surface area contributed by atoms with Gasteiger partial charge in [-0.05, 0) is 25.1 Å². The van der Waals surface area contributed by atoms with Crippen LogP contribution in [0.25, 0.3) is 16.6 Å². The van der Waals surface area contributed by atoms with Crippen molar-refractivity contribution in [2.45, 2.75) is 12.0 Å². The molecule has 2 aromatic carbocycles. The monoisotopic (exact) mass is 405 g/mol. The Bertz CT molecular complexity index is 1120. The Balaban J connectivity index is 1.71. The number of nitrogens with one attached hydrogen (secondary N) is 2. The van der Waals surface area contributed by atoms with E-state index in [1.54, 1.807) is 20.3 Å². The second-order valence-corrected chi connectivity index (χ2v) is 7.56. The number of carbonyl (C=O) groups is 1. The maximum absolute atomic E-state index is 13.8. The summed E-state index contributed by atoms with van der Waals surface area (Å²) in [5.41, 5.74) is 8.65. The summed E-state index contributed by atoms with van der Waals surface area (Å²) < 4.78 is 10.9. The van der Waals surface area contributed by atoms with Crippen LogP contribution in [-0.4, -0.2) is 48.6 Å². The molecule has 1 saturated heterocycles. The van der Waals surface area contributed by atoms with Crippen molar-refractivity contribution in [2.75, 3.05) is 32.2 Å². The molecule has 5 rings (SSSR count). The predicted molar refractivity (Wildman–Crippen MR) is 114 cm³/mol. The molecule has 8 heteroatoms. The van der Waals surface area contributed by atoms with Crippen LogP contribution in [-0.2, 0) is 4.79 Å². The third kappa shape index (κ3) is 2.57. The minimum atomic E-state index is -0.810. The lowest BCUT2D eigenvalue weighted by atomic mass is 9.90. The number of nitrogens with two attached hydrogens (primary N) is 1. The number of nitrogens with zero attached hydrogens (tertiary/aromatic N) is 2. The number of benzene rings is 2. The average molecular weight is 405 g/mol. The summed E-state index contributed by atoms with van der Waals surface area (Å²) >= 11 is 0. The van der Waals surface area contributed by atoms with Crippen LogP contribution in [0.4, 0.5) is 5.69 Å². The molecule has 2 aliphatic heterocycles. The number of H-pyrrole nitrogens is 1. The first kappa shape index (κ1) is 18.5. The Morgan fingerprint density at radius 3 is 2.50 bits per heavy atom. The maximum atomic E-state index is 13.8. The Hall–Kier alpha value is -3.52. The van der Waals surface area contributed by atoms with Gasteiger partial charge < -0.3 is 30.4 Å². The molecule has 0 saturated carbocycles. The summed E-state index contributed by atoms with van der Waals surface area (Å²) in [6, 6.07) is 13.2. The molecule has 1 fully saturated rings. The van der Waals surface area contributed by atoms with Crippen LogP contribution in [0.2, 0.25) is 0 Å². The first-order valence-corrected chi connectivity index (χ1v) is 9.81. The van der Waals surface area contributed by atoms with E-state index in [1.165, 1.54) is 0 Å². The number of para-hydroxylation sites is 2. The number of rotatable bonds is 4. The molecule has 2 aliphatic rings. The van der Waals surface area contributed by atoms with Crippen molar-refractivity contribution < 1.29 is 14.3 Å². The fourth-order valence-corrected chi connectivity index (χ4v) is 4.46. The zero-order valence-corrected chi connectivity index (χ0v) is 16.9. The van der Waals surface area contributed by atoms with Crippen LogP contribution in [0.5, 0.6) is 11.5 Å². The number of carbonyl (C=O) groups excluding carboxylic acids is 1. The highest BCUT2D eigenvalue weighted by Crippen LogP contribution is 2.45. The third-order valence-electron chi connectivity index (χ3n) is 5.93. The first-order chi connectivity index (χ1) is 14.6. The zero-order valence-electron chi connectivity index (χ0n) is 16.9. The summed E-state index contributed by atoms with van der Waals surface area (Å²) in [6.07, 6.45) is 0.635. The molecule has 4 N–H and O–H groups in total. The van der Waals surface area contributed by atoms with Crippen LogP contribution in [0.3, 0.4) is 0 Å². The van der Waals surface area contributed by atoms with Crippen molar-refractivity contribution >= 4 is 28.1 Å². The number of aromatic nitrogens is 2. The number of ketones is 1. The number of methoxy groups -OCH3 is 2. The van der Waals surface area contributed by atoms with Crippen LogP contribution < -0.4 is 25.4 Å². The summed E-state index contributed by atoms with van der Waals surface area (Å²) in [5.74, 6) is 2.08. The maximum Gasteiger partial charge on any atom is 0.197 e. The molecule has 3 heterocycles. The number of hydrogen-bond donors (Lipinski definition) is 3. The molecule has 0 radical (unpaired) electrons. The van der Waals surface area contributed by atoms with Gasteiger partial charge in [0.25, 0.3) is 0 Å². The predicted octanol–water partition coefficient (Wildman–Crippen LogP) is 2.03. The Morgan fingerprint density at radius 1 is 1.13 bits per heavy atom. The number of imidazole rings is 1. The normalized spacial score (nSPS) is 21.3. The molecular formula is C22H23N5O3. The molecule has 1 unspecified atom stereocenters. The molecule has 0 aliphatic carbocycles. The van der Waals surface area contributed by atoms with Crippen molar-refractivity contribution in [3.8, 4) is 11.5 Å². The number of aromatic amines is 1. The van der Waals surface area contributed by atoms with Crippen molar-refractivity contribution in [3.05, 3.63) is 54.1 Å². The van der Waals surface area contributed by atoms with E-state index in [2.05, 4.69) is 15.3 Å². The van der Waals surface area contributed by atoms with E-state index in [9.17, 15) is 4.79 Å². The number of ether oxygens (including phenoxy) is 2.